The van der Waals surface area contributed by atoms with E-state index in [1.807, 2.05) is 48.5 Å². The van der Waals surface area contributed by atoms with E-state index in [4.69, 9.17) is 13.6 Å². The summed E-state index contributed by atoms with van der Waals surface area (Å²) in [5.74, 6) is 0.481. The van der Waals surface area contributed by atoms with Crippen molar-refractivity contribution in [1.29, 1.82) is 0 Å². The van der Waals surface area contributed by atoms with Gasteiger partial charge in [-0.15, -0.1) is 0 Å². The molecule has 2 aromatic rings. The van der Waals surface area contributed by atoms with Crippen molar-refractivity contribution in [3.63, 3.8) is 0 Å². The molecule has 0 aliphatic carbocycles. The maximum Gasteiger partial charge on any atom is 0.429 e. The van der Waals surface area contributed by atoms with Crippen LogP contribution in [-0.2, 0) is 9.05 Å². The van der Waals surface area contributed by atoms with Crippen molar-refractivity contribution in [2.24, 2.45) is 0 Å². The van der Waals surface area contributed by atoms with E-state index in [1.54, 1.807) is 12.1 Å². The molecular weight excluding hydrogens is 287 g/mol. The first-order valence-electron chi connectivity index (χ1n) is 6.98. The van der Waals surface area contributed by atoms with E-state index in [0.717, 1.165) is 18.4 Å². The number of phosphoric ester groups is 1. The minimum Gasteiger partial charge on any atom is -0.598 e. The summed E-state index contributed by atoms with van der Waals surface area (Å²) in [4.78, 5) is 12.7. The summed E-state index contributed by atoms with van der Waals surface area (Å²) < 4.78 is 16.5. The third-order valence-corrected chi connectivity index (χ3v) is 4.69. The van der Waals surface area contributed by atoms with E-state index in [2.05, 4.69) is 0 Å². The van der Waals surface area contributed by atoms with Crippen molar-refractivity contribution in [2.45, 2.75) is 18.9 Å². The van der Waals surface area contributed by atoms with E-state index in [-0.39, 0.29) is 6.10 Å². The van der Waals surface area contributed by atoms with Crippen molar-refractivity contribution in [1.82, 2.24) is 0 Å². The van der Waals surface area contributed by atoms with Gasteiger partial charge in [0.15, 0.2) is 5.75 Å². The minimum absolute atomic E-state index is 0.275. The van der Waals surface area contributed by atoms with Gasteiger partial charge in [0.05, 0.1) is 6.61 Å². The normalized spacial score (nSPS) is 26.0. The standard InChI is InChI=1S/C16H17O4P/c17-21(19-15-10-5-2-6-11-15)18-13-7-12-16(20-21)14-8-3-1-4-9-14/h1-6,8-11,16H,7,12-13H2/t16-,21?/m1/s1. The van der Waals surface area contributed by atoms with Crippen LogP contribution < -0.4 is 9.42 Å². The maximum atomic E-state index is 12.7. The Labute approximate surface area is 125 Å². The van der Waals surface area contributed by atoms with Crippen molar-refractivity contribution < 1.29 is 18.5 Å². The highest BCUT2D eigenvalue weighted by Gasteiger charge is 2.40. The summed E-state index contributed by atoms with van der Waals surface area (Å²) in [7, 11) is -3.60. The number of rotatable bonds is 3. The second-order valence-corrected chi connectivity index (χ2v) is 6.38. The largest absolute Gasteiger partial charge is 0.598 e. The third kappa shape index (κ3) is 3.80. The summed E-state index contributed by atoms with van der Waals surface area (Å²) in [6, 6.07) is 18.7. The molecule has 0 N–H and O–H groups in total. The molecule has 3 rings (SSSR count). The first-order valence-corrected chi connectivity index (χ1v) is 8.44. The second-order valence-electron chi connectivity index (χ2n) is 4.83. The molecule has 0 aromatic heterocycles. The number of phosphoric acid groups is 1. The molecule has 4 nitrogen and oxygen atoms in total. The zero-order valence-electron chi connectivity index (χ0n) is 11.6. The Hall–Kier alpha value is -1.45. The second kappa shape index (κ2) is 6.54. The molecule has 1 unspecified atom stereocenters. The predicted octanol–water partition coefficient (Wildman–Crippen LogP) is 3.67. The van der Waals surface area contributed by atoms with Crippen molar-refractivity contribution >= 4 is 8.17 Å². The van der Waals surface area contributed by atoms with Gasteiger partial charge in [0, 0.05) is 0 Å². The molecule has 1 saturated heterocycles. The molecule has 5 heteroatoms. The average Bonchev–Trinajstić information content (AvgIpc) is 2.71. The van der Waals surface area contributed by atoms with E-state index < -0.39 is 8.17 Å². The number of hydrogen-bond donors (Lipinski definition) is 0. The lowest BCUT2D eigenvalue weighted by Crippen LogP contribution is -2.21. The molecule has 2 atom stereocenters. The van der Waals surface area contributed by atoms with Gasteiger partial charge in [0.2, 0.25) is 0 Å². The summed E-state index contributed by atoms with van der Waals surface area (Å²) >= 11 is 0. The lowest BCUT2D eigenvalue weighted by atomic mass is 10.1. The van der Waals surface area contributed by atoms with Crippen LogP contribution in [-0.4, -0.2) is 6.61 Å². The number of hydrogen-bond acceptors (Lipinski definition) is 4. The molecule has 0 radical (unpaired) electrons. The van der Waals surface area contributed by atoms with Crippen LogP contribution in [0.4, 0.5) is 0 Å². The third-order valence-electron chi connectivity index (χ3n) is 3.25. The molecule has 0 spiro atoms. The molecule has 0 bridgehead atoms. The van der Waals surface area contributed by atoms with Crippen LogP contribution in [0.25, 0.3) is 0 Å². The van der Waals surface area contributed by atoms with Crippen LogP contribution in [0.5, 0.6) is 5.75 Å². The van der Waals surface area contributed by atoms with Gasteiger partial charge in [-0.3, -0.25) is 4.52 Å². The average molecular weight is 304 g/mol. The monoisotopic (exact) mass is 304 g/mol. The highest BCUT2D eigenvalue weighted by molar-refractivity contribution is 7.54. The Bertz CT molecular complexity index is 563. The maximum absolute atomic E-state index is 12.7. The fraction of sp³-hybridized carbons (Fsp3) is 0.250. The van der Waals surface area contributed by atoms with Crippen LogP contribution in [0.2, 0.25) is 0 Å². The Balaban J connectivity index is 1.78. The summed E-state index contributed by atoms with van der Waals surface area (Å²) in [6.07, 6.45) is 1.26. The van der Waals surface area contributed by atoms with E-state index >= 15 is 0 Å². The molecule has 1 aliphatic rings. The topological polar surface area (TPSA) is 50.8 Å². The zero-order chi connectivity index (χ0) is 14.5. The van der Waals surface area contributed by atoms with Crippen molar-refractivity contribution in [2.75, 3.05) is 6.61 Å². The van der Waals surface area contributed by atoms with Crippen LogP contribution in [0.3, 0.4) is 0 Å². The van der Waals surface area contributed by atoms with Crippen molar-refractivity contribution in [3.05, 3.63) is 66.2 Å². The van der Waals surface area contributed by atoms with Gasteiger partial charge >= 0.3 is 8.17 Å². The fourth-order valence-corrected chi connectivity index (χ4v) is 3.67. The number of benzene rings is 2. The Morgan fingerprint density at radius 2 is 1.67 bits per heavy atom. The van der Waals surface area contributed by atoms with Gasteiger partial charge in [0.1, 0.15) is 6.10 Å². The zero-order valence-corrected chi connectivity index (χ0v) is 12.4. The quantitative estimate of drug-likeness (QED) is 0.812. The summed E-state index contributed by atoms with van der Waals surface area (Å²) in [5.41, 5.74) is 0.986. The molecule has 2 aromatic carbocycles. The summed E-state index contributed by atoms with van der Waals surface area (Å²) in [5, 5.41) is 0. The number of para-hydroxylation sites is 1. The predicted molar refractivity (Wildman–Crippen MR) is 79.4 cm³/mol. The molecule has 1 aliphatic heterocycles. The molecule has 0 saturated carbocycles. The van der Waals surface area contributed by atoms with Crippen LogP contribution in [0.1, 0.15) is 24.5 Å². The van der Waals surface area contributed by atoms with E-state index in [9.17, 15) is 4.89 Å². The van der Waals surface area contributed by atoms with E-state index in [1.165, 1.54) is 0 Å². The van der Waals surface area contributed by atoms with Crippen LogP contribution in [0.15, 0.2) is 60.7 Å². The Morgan fingerprint density at radius 1 is 1.00 bits per heavy atom. The van der Waals surface area contributed by atoms with Gasteiger partial charge in [-0.05, 0) is 30.5 Å². The highest BCUT2D eigenvalue weighted by atomic mass is 31.2. The van der Waals surface area contributed by atoms with Gasteiger partial charge in [-0.2, -0.15) is 9.05 Å². The Morgan fingerprint density at radius 3 is 2.38 bits per heavy atom. The fourth-order valence-electron chi connectivity index (χ4n) is 2.24. The molecule has 0 amide bonds. The van der Waals surface area contributed by atoms with E-state index in [0.29, 0.717) is 12.4 Å². The SMILES string of the molecule is [O-][P+]1(Oc2ccccc2)OCCC[C@H](c2ccccc2)O1. The first-order chi connectivity index (χ1) is 10.3. The molecular formula is C16H17O4P. The Kier molecular flexibility index (Phi) is 4.51. The van der Waals surface area contributed by atoms with Crippen LogP contribution in [0, 0.1) is 0 Å². The van der Waals surface area contributed by atoms with Gasteiger partial charge in [-0.1, -0.05) is 48.5 Å². The highest BCUT2D eigenvalue weighted by Crippen LogP contribution is 2.58. The molecule has 1 heterocycles. The molecule has 1 fully saturated rings. The molecule has 110 valence electrons. The first kappa shape index (κ1) is 14.5. The lowest BCUT2D eigenvalue weighted by Gasteiger charge is -2.26. The van der Waals surface area contributed by atoms with Gasteiger partial charge < -0.3 is 4.89 Å². The van der Waals surface area contributed by atoms with Gasteiger partial charge in [0.25, 0.3) is 0 Å². The summed E-state index contributed by atoms with van der Waals surface area (Å²) in [6.45, 7) is 0.368. The minimum atomic E-state index is -3.60. The smallest absolute Gasteiger partial charge is 0.429 e. The van der Waals surface area contributed by atoms with Crippen molar-refractivity contribution in [3.8, 4) is 5.75 Å². The van der Waals surface area contributed by atoms with Crippen LogP contribution >= 0.6 is 8.17 Å². The lowest BCUT2D eigenvalue weighted by molar-refractivity contribution is -0.241. The molecule has 21 heavy (non-hydrogen) atoms. The van der Waals surface area contributed by atoms with Gasteiger partial charge in [-0.25, -0.2) is 0 Å².